The van der Waals surface area contributed by atoms with Crippen LogP contribution in [0.15, 0.2) is 48.8 Å². The standard InChI is InChI=1S/C17H19N3.C2HF3O2/c1-2-4-13(5-3-1)14-6-17(10-19-7-14)20-11-15-8-18-9-16(15)12-20;3-2(4,5)1(6)7/h1-7,10,15-16,18H,8-9,11-12H2;(H,6,7). The monoisotopic (exact) mass is 379 g/mol. The lowest BCUT2D eigenvalue weighted by Gasteiger charge is -2.20. The highest BCUT2D eigenvalue weighted by molar-refractivity contribution is 5.73. The van der Waals surface area contributed by atoms with Gasteiger partial charge in [-0.1, -0.05) is 30.3 Å². The first-order chi connectivity index (χ1) is 12.8. The quantitative estimate of drug-likeness (QED) is 0.840. The minimum Gasteiger partial charge on any atom is -0.475 e. The molecule has 2 atom stereocenters. The van der Waals surface area contributed by atoms with Crippen LogP contribution in [0, 0.1) is 11.8 Å². The van der Waals surface area contributed by atoms with Crippen LogP contribution in [0.2, 0.25) is 0 Å². The van der Waals surface area contributed by atoms with Gasteiger partial charge >= 0.3 is 12.1 Å². The summed E-state index contributed by atoms with van der Waals surface area (Å²) in [6, 6.07) is 12.8. The molecular weight excluding hydrogens is 359 g/mol. The van der Waals surface area contributed by atoms with E-state index in [1.165, 1.54) is 29.9 Å². The van der Waals surface area contributed by atoms with Gasteiger partial charge in [-0.05, 0) is 23.5 Å². The molecule has 2 fully saturated rings. The molecule has 0 spiro atoms. The van der Waals surface area contributed by atoms with E-state index in [0.29, 0.717) is 0 Å². The Labute approximate surface area is 154 Å². The number of carboxylic acids is 1. The number of alkyl halides is 3. The van der Waals surface area contributed by atoms with Gasteiger partial charge in [0.05, 0.1) is 11.9 Å². The smallest absolute Gasteiger partial charge is 0.475 e. The zero-order valence-electron chi connectivity index (χ0n) is 14.5. The molecule has 2 unspecified atom stereocenters. The summed E-state index contributed by atoms with van der Waals surface area (Å²) in [5, 5.41) is 10.6. The number of carbonyl (C=O) groups is 1. The molecule has 0 amide bonds. The summed E-state index contributed by atoms with van der Waals surface area (Å²) in [6.45, 7) is 4.68. The van der Waals surface area contributed by atoms with E-state index in [-0.39, 0.29) is 0 Å². The van der Waals surface area contributed by atoms with Crippen LogP contribution in [-0.2, 0) is 4.79 Å². The van der Waals surface area contributed by atoms with Crippen molar-refractivity contribution in [3.63, 3.8) is 0 Å². The Bertz CT molecular complexity index is 771. The maximum atomic E-state index is 10.6. The predicted molar refractivity (Wildman–Crippen MR) is 95.4 cm³/mol. The number of fused-ring (bicyclic) bond motifs is 1. The molecule has 2 N–H and O–H groups in total. The number of pyridine rings is 1. The highest BCUT2D eigenvalue weighted by atomic mass is 19.4. The summed E-state index contributed by atoms with van der Waals surface area (Å²) >= 11 is 0. The fourth-order valence-electron chi connectivity index (χ4n) is 3.46. The Morgan fingerprint density at radius 1 is 1.07 bits per heavy atom. The van der Waals surface area contributed by atoms with Crippen LogP contribution >= 0.6 is 0 Å². The summed E-state index contributed by atoms with van der Waals surface area (Å²) in [4.78, 5) is 15.8. The van der Waals surface area contributed by atoms with E-state index in [0.717, 1.165) is 24.9 Å². The number of nitrogens with one attached hydrogen (secondary N) is 1. The van der Waals surface area contributed by atoms with E-state index >= 15 is 0 Å². The largest absolute Gasteiger partial charge is 0.490 e. The molecule has 0 radical (unpaired) electrons. The summed E-state index contributed by atoms with van der Waals surface area (Å²) in [7, 11) is 0. The molecule has 2 saturated heterocycles. The lowest BCUT2D eigenvalue weighted by atomic mass is 10.0. The van der Waals surface area contributed by atoms with Gasteiger partial charge in [-0.15, -0.1) is 0 Å². The van der Waals surface area contributed by atoms with Crippen molar-refractivity contribution in [3.8, 4) is 11.1 Å². The fourth-order valence-corrected chi connectivity index (χ4v) is 3.46. The number of benzene rings is 1. The van der Waals surface area contributed by atoms with Gasteiger partial charge in [0, 0.05) is 37.9 Å². The zero-order valence-corrected chi connectivity index (χ0v) is 14.5. The molecule has 27 heavy (non-hydrogen) atoms. The van der Waals surface area contributed by atoms with E-state index < -0.39 is 12.1 Å². The molecule has 8 heteroatoms. The number of halogens is 3. The summed E-state index contributed by atoms with van der Waals surface area (Å²) in [5.74, 6) is -1.13. The van der Waals surface area contributed by atoms with Crippen LogP contribution < -0.4 is 10.2 Å². The fraction of sp³-hybridized carbons (Fsp3) is 0.368. The number of rotatable bonds is 2. The summed E-state index contributed by atoms with van der Waals surface area (Å²) in [6.07, 6.45) is -1.13. The van der Waals surface area contributed by atoms with Crippen molar-refractivity contribution in [1.82, 2.24) is 10.3 Å². The average Bonchev–Trinajstić information content (AvgIpc) is 3.24. The topological polar surface area (TPSA) is 65.5 Å². The third-order valence-corrected chi connectivity index (χ3v) is 4.83. The maximum Gasteiger partial charge on any atom is 0.490 e. The maximum absolute atomic E-state index is 10.6. The second kappa shape index (κ2) is 7.96. The minimum absolute atomic E-state index is 0.815. The van der Waals surface area contributed by atoms with E-state index in [2.05, 4.69) is 51.6 Å². The van der Waals surface area contributed by atoms with Crippen molar-refractivity contribution in [2.24, 2.45) is 11.8 Å². The number of aromatic nitrogens is 1. The Kier molecular flexibility index (Phi) is 5.65. The van der Waals surface area contributed by atoms with Gasteiger partial charge in [0.2, 0.25) is 0 Å². The second-order valence-electron chi connectivity index (χ2n) is 6.68. The highest BCUT2D eigenvalue weighted by Crippen LogP contribution is 2.31. The molecule has 0 bridgehead atoms. The Morgan fingerprint density at radius 3 is 2.22 bits per heavy atom. The molecule has 5 nitrogen and oxygen atoms in total. The van der Waals surface area contributed by atoms with Gasteiger partial charge in [0.1, 0.15) is 0 Å². The van der Waals surface area contributed by atoms with Crippen LogP contribution in [0.3, 0.4) is 0 Å². The van der Waals surface area contributed by atoms with Gasteiger partial charge in [0.25, 0.3) is 0 Å². The van der Waals surface area contributed by atoms with Crippen molar-refractivity contribution >= 4 is 11.7 Å². The van der Waals surface area contributed by atoms with Crippen LogP contribution in [0.25, 0.3) is 11.1 Å². The third-order valence-electron chi connectivity index (χ3n) is 4.83. The van der Waals surface area contributed by atoms with Gasteiger partial charge in [-0.2, -0.15) is 13.2 Å². The molecule has 2 aliphatic rings. The predicted octanol–water partition coefficient (Wildman–Crippen LogP) is 3.04. The Morgan fingerprint density at radius 2 is 1.67 bits per heavy atom. The Balaban J connectivity index is 0.000000260. The highest BCUT2D eigenvalue weighted by Gasteiger charge is 2.38. The van der Waals surface area contributed by atoms with Gasteiger partial charge in [-0.25, -0.2) is 4.79 Å². The SMILES string of the molecule is O=C(O)C(F)(F)F.c1ccc(-c2cncc(N3CC4CNCC4C3)c2)cc1. The number of hydrogen-bond acceptors (Lipinski definition) is 4. The second-order valence-corrected chi connectivity index (χ2v) is 6.68. The molecule has 0 aliphatic carbocycles. The van der Waals surface area contributed by atoms with Crippen molar-refractivity contribution in [2.45, 2.75) is 6.18 Å². The number of hydrogen-bond donors (Lipinski definition) is 2. The van der Waals surface area contributed by atoms with Gasteiger partial charge in [-0.3, -0.25) is 4.98 Å². The van der Waals surface area contributed by atoms with Crippen LogP contribution in [-0.4, -0.2) is 48.4 Å². The number of aliphatic carboxylic acids is 1. The Hall–Kier alpha value is -2.61. The molecule has 1 aromatic carbocycles. The van der Waals surface area contributed by atoms with Crippen molar-refractivity contribution in [1.29, 1.82) is 0 Å². The van der Waals surface area contributed by atoms with Crippen LogP contribution in [0.5, 0.6) is 0 Å². The molecule has 4 rings (SSSR count). The van der Waals surface area contributed by atoms with Crippen molar-refractivity contribution in [3.05, 3.63) is 48.8 Å². The minimum atomic E-state index is -5.08. The summed E-state index contributed by atoms with van der Waals surface area (Å²) in [5.41, 5.74) is 3.71. The lowest BCUT2D eigenvalue weighted by molar-refractivity contribution is -0.192. The number of nitrogens with zero attached hydrogens (tertiary/aromatic N) is 2. The van der Waals surface area contributed by atoms with Gasteiger partial charge in [0.15, 0.2) is 0 Å². The summed E-state index contributed by atoms with van der Waals surface area (Å²) < 4.78 is 31.7. The van der Waals surface area contributed by atoms with Gasteiger partial charge < -0.3 is 15.3 Å². The van der Waals surface area contributed by atoms with E-state index in [4.69, 9.17) is 9.90 Å². The van der Waals surface area contributed by atoms with Crippen LogP contribution in [0.1, 0.15) is 0 Å². The molecule has 3 heterocycles. The lowest BCUT2D eigenvalue weighted by Crippen LogP contribution is -2.25. The third kappa shape index (κ3) is 4.77. The van der Waals surface area contributed by atoms with E-state index in [1.54, 1.807) is 0 Å². The van der Waals surface area contributed by atoms with Crippen molar-refractivity contribution < 1.29 is 23.1 Å². The number of carboxylic acid groups (broad SMARTS) is 1. The average molecular weight is 379 g/mol. The molecule has 2 aromatic rings. The molecule has 144 valence electrons. The molecule has 2 aliphatic heterocycles. The van der Waals surface area contributed by atoms with Crippen molar-refractivity contribution in [2.75, 3.05) is 31.1 Å². The zero-order chi connectivity index (χ0) is 19.4. The van der Waals surface area contributed by atoms with Crippen LogP contribution in [0.4, 0.5) is 18.9 Å². The molecular formula is C19H20F3N3O2. The van der Waals surface area contributed by atoms with E-state index in [9.17, 15) is 13.2 Å². The molecule has 0 saturated carbocycles. The number of anilines is 1. The normalized spacial score (nSPS) is 21.4. The first kappa shape index (κ1) is 19.2. The van der Waals surface area contributed by atoms with E-state index in [1.807, 2.05) is 12.4 Å². The first-order valence-electron chi connectivity index (χ1n) is 8.61. The molecule has 1 aromatic heterocycles. The first-order valence-corrected chi connectivity index (χ1v) is 8.61.